The molecule has 1 N–H and O–H groups in total. The largest absolute Gasteiger partial charge is 0.489 e. The Hall–Kier alpha value is -2.23. The molecule has 0 aliphatic carbocycles. The third kappa shape index (κ3) is 3.27. The molecule has 4 heteroatoms. The first-order valence-electron chi connectivity index (χ1n) is 7.10. The van der Waals surface area contributed by atoms with Gasteiger partial charge in [-0.1, -0.05) is 12.1 Å². The van der Waals surface area contributed by atoms with Gasteiger partial charge in [0.2, 0.25) is 0 Å². The molecule has 0 aliphatic rings. The monoisotopic (exact) mass is 286 g/mol. The van der Waals surface area contributed by atoms with E-state index in [0.717, 1.165) is 11.4 Å². The van der Waals surface area contributed by atoms with E-state index in [1.807, 2.05) is 69.6 Å². The summed E-state index contributed by atoms with van der Waals surface area (Å²) in [6.45, 7) is 7.85. The van der Waals surface area contributed by atoms with Crippen LogP contribution in [0.3, 0.4) is 0 Å². The number of hydrogen-bond donors (Lipinski definition) is 1. The highest BCUT2D eigenvalue weighted by Gasteiger charge is 2.15. The Morgan fingerprint density at radius 2 is 1.90 bits per heavy atom. The first-order chi connectivity index (χ1) is 9.90. The second kappa shape index (κ2) is 6.04. The van der Waals surface area contributed by atoms with Crippen molar-refractivity contribution in [3.05, 3.63) is 47.3 Å². The molecule has 2 aromatic rings. The van der Waals surface area contributed by atoms with Crippen molar-refractivity contribution in [2.75, 3.05) is 5.32 Å². The van der Waals surface area contributed by atoms with Crippen molar-refractivity contribution in [3.63, 3.8) is 0 Å². The van der Waals surface area contributed by atoms with Gasteiger partial charge in [-0.3, -0.25) is 4.79 Å². The number of carbonyl (C=O) groups is 1. The highest BCUT2D eigenvalue weighted by atomic mass is 16.5. The third-order valence-electron chi connectivity index (χ3n) is 3.52. The van der Waals surface area contributed by atoms with Gasteiger partial charge in [-0.05, 0) is 45.9 Å². The van der Waals surface area contributed by atoms with Crippen LogP contribution in [0, 0.1) is 13.8 Å². The third-order valence-corrected chi connectivity index (χ3v) is 3.52. The Labute approximate surface area is 125 Å². The first kappa shape index (κ1) is 15.2. The van der Waals surface area contributed by atoms with Crippen LogP contribution in [-0.2, 0) is 7.05 Å². The van der Waals surface area contributed by atoms with Crippen LogP contribution in [0.4, 0.5) is 5.69 Å². The minimum atomic E-state index is -0.115. The Kier molecular flexibility index (Phi) is 4.36. The fourth-order valence-corrected chi connectivity index (χ4v) is 2.20. The second-order valence-corrected chi connectivity index (χ2v) is 5.46. The Morgan fingerprint density at radius 1 is 1.24 bits per heavy atom. The molecule has 1 amide bonds. The van der Waals surface area contributed by atoms with Crippen LogP contribution in [0.5, 0.6) is 5.75 Å². The molecule has 0 spiro atoms. The number of para-hydroxylation sites is 2. The van der Waals surface area contributed by atoms with Crippen LogP contribution < -0.4 is 10.1 Å². The molecule has 1 heterocycles. The number of nitrogens with zero attached hydrogens (tertiary/aromatic N) is 1. The fourth-order valence-electron chi connectivity index (χ4n) is 2.20. The average Bonchev–Trinajstić information content (AvgIpc) is 2.68. The number of amides is 1. The molecule has 4 nitrogen and oxygen atoms in total. The minimum Gasteiger partial charge on any atom is -0.489 e. The van der Waals surface area contributed by atoms with Gasteiger partial charge in [0, 0.05) is 18.4 Å². The predicted octanol–water partition coefficient (Wildman–Crippen LogP) is 3.68. The molecule has 0 saturated carbocycles. The molecule has 0 saturated heterocycles. The lowest BCUT2D eigenvalue weighted by Gasteiger charge is -2.14. The zero-order chi connectivity index (χ0) is 15.6. The average molecular weight is 286 g/mol. The number of ether oxygens (including phenoxy) is 1. The molecule has 1 aromatic carbocycles. The van der Waals surface area contributed by atoms with Crippen molar-refractivity contribution in [2.45, 2.75) is 33.8 Å². The van der Waals surface area contributed by atoms with E-state index in [1.165, 1.54) is 0 Å². The number of anilines is 1. The van der Waals surface area contributed by atoms with Crippen molar-refractivity contribution in [1.82, 2.24) is 4.57 Å². The lowest BCUT2D eigenvalue weighted by molar-refractivity contribution is 0.102. The molecule has 0 aliphatic heterocycles. The quantitative estimate of drug-likeness (QED) is 0.931. The normalized spacial score (nSPS) is 10.8. The summed E-state index contributed by atoms with van der Waals surface area (Å²) in [5.74, 6) is 0.571. The van der Waals surface area contributed by atoms with Gasteiger partial charge in [0.25, 0.3) is 5.91 Å². The van der Waals surface area contributed by atoms with Gasteiger partial charge in [0.15, 0.2) is 0 Å². The van der Waals surface area contributed by atoms with Crippen LogP contribution >= 0.6 is 0 Å². The van der Waals surface area contributed by atoms with E-state index in [1.54, 1.807) is 0 Å². The summed E-state index contributed by atoms with van der Waals surface area (Å²) in [4.78, 5) is 12.5. The maximum absolute atomic E-state index is 12.5. The van der Waals surface area contributed by atoms with E-state index in [9.17, 15) is 4.79 Å². The van der Waals surface area contributed by atoms with Crippen molar-refractivity contribution < 1.29 is 9.53 Å². The summed E-state index contributed by atoms with van der Waals surface area (Å²) in [6, 6.07) is 9.38. The lowest BCUT2D eigenvalue weighted by atomic mass is 10.2. The highest BCUT2D eigenvalue weighted by Crippen LogP contribution is 2.26. The van der Waals surface area contributed by atoms with Gasteiger partial charge >= 0.3 is 0 Å². The SMILES string of the molecule is Cc1cc(C(=O)Nc2ccccc2OC(C)C)c(C)n1C. The van der Waals surface area contributed by atoms with Gasteiger partial charge in [-0.15, -0.1) is 0 Å². The van der Waals surface area contributed by atoms with E-state index < -0.39 is 0 Å². The number of rotatable bonds is 4. The molecular weight excluding hydrogens is 264 g/mol. The Bertz CT molecular complexity index is 657. The van der Waals surface area contributed by atoms with Crippen LogP contribution in [0.15, 0.2) is 30.3 Å². The van der Waals surface area contributed by atoms with E-state index in [0.29, 0.717) is 17.0 Å². The zero-order valence-corrected chi connectivity index (χ0v) is 13.2. The van der Waals surface area contributed by atoms with Crippen molar-refractivity contribution >= 4 is 11.6 Å². The number of nitrogens with one attached hydrogen (secondary N) is 1. The molecule has 21 heavy (non-hydrogen) atoms. The molecule has 2 rings (SSSR count). The van der Waals surface area contributed by atoms with Crippen LogP contribution in [-0.4, -0.2) is 16.6 Å². The van der Waals surface area contributed by atoms with Crippen LogP contribution in [0.1, 0.15) is 35.6 Å². The maximum atomic E-state index is 12.5. The topological polar surface area (TPSA) is 43.3 Å². The van der Waals surface area contributed by atoms with Crippen LogP contribution in [0.2, 0.25) is 0 Å². The fraction of sp³-hybridized carbons (Fsp3) is 0.353. The molecule has 0 bridgehead atoms. The number of aromatic nitrogens is 1. The molecule has 0 unspecified atom stereocenters. The molecule has 0 radical (unpaired) electrons. The summed E-state index contributed by atoms with van der Waals surface area (Å²) >= 11 is 0. The van der Waals surface area contributed by atoms with Gasteiger partial charge < -0.3 is 14.6 Å². The van der Waals surface area contributed by atoms with E-state index in [2.05, 4.69) is 5.32 Å². The van der Waals surface area contributed by atoms with Gasteiger partial charge in [0.1, 0.15) is 5.75 Å². The molecular formula is C17H22N2O2. The lowest BCUT2D eigenvalue weighted by Crippen LogP contribution is -2.15. The summed E-state index contributed by atoms with van der Waals surface area (Å²) in [6.07, 6.45) is 0.0590. The van der Waals surface area contributed by atoms with Crippen LogP contribution in [0.25, 0.3) is 0 Å². The van der Waals surface area contributed by atoms with E-state index in [4.69, 9.17) is 4.74 Å². The van der Waals surface area contributed by atoms with Crippen molar-refractivity contribution in [2.24, 2.45) is 7.05 Å². The van der Waals surface area contributed by atoms with Crippen molar-refractivity contribution in [1.29, 1.82) is 0 Å². The predicted molar refractivity (Wildman–Crippen MR) is 85.0 cm³/mol. The summed E-state index contributed by atoms with van der Waals surface area (Å²) in [7, 11) is 1.96. The van der Waals surface area contributed by atoms with Gasteiger partial charge in [-0.2, -0.15) is 0 Å². The highest BCUT2D eigenvalue weighted by molar-refractivity contribution is 6.06. The van der Waals surface area contributed by atoms with Gasteiger partial charge in [0.05, 0.1) is 17.4 Å². The van der Waals surface area contributed by atoms with E-state index >= 15 is 0 Å². The second-order valence-electron chi connectivity index (χ2n) is 5.46. The molecule has 1 aromatic heterocycles. The number of hydrogen-bond acceptors (Lipinski definition) is 2. The molecule has 112 valence electrons. The summed E-state index contributed by atoms with van der Waals surface area (Å²) < 4.78 is 7.73. The minimum absolute atomic E-state index is 0.0590. The number of aryl methyl sites for hydroxylation is 1. The Balaban J connectivity index is 2.25. The van der Waals surface area contributed by atoms with Gasteiger partial charge in [-0.25, -0.2) is 0 Å². The van der Waals surface area contributed by atoms with E-state index in [-0.39, 0.29) is 12.0 Å². The number of carbonyl (C=O) groups excluding carboxylic acids is 1. The maximum Gasteiger partial charge on any atom is 0.257 e. The summed E-state index contributed by atoms with van der Waals surface area (Å²) in [5, 5.41) is 2.94. The standard InChI is InChI=1S/C17H22N2O2/c1-11(2)21-16-9-7-6-8-15(16)18-17(20)14-10-12(3)19(5)13(14)4/h6-11H,1-5H3,(H,18,20). The zero-order valence-electron chi connectivity index (χ0n) is 13.2. The number of benzene rings is 1. The first-order valence-corrected chi connectivity index (χ1v) is 7.10. The molecule has 0 fully saturated rings. The smallest absolute Gasteiger partial charge is 0.257 e. The summed E-state index contributed by atoms with van der Waals surface area (Å²) in [5.41, 5.74) is 3.39. The molecule has 0 atom stereocenters. The Morgan fingerprint density at radius 3 is 2.48 bits per heavy atom. The van der Waals surface area contributed by atoms with Crippen molar-refractivity contribution in [3.8, 4) is 5.75 Å².